The van der Waals surface area contributed by atoms with Crippen LogP contribution in [0.2, 0.25) is 0 Å². The van der Waals surface area contributed by atoms with Crippen molar-refractivity contribution >= 4 is 16.7 Å². The minimum absolute atomic E-state index is 0.480. The molecule has 3 nitrogen and oxygen atoms in total. The molecule has 3 heteroatoms. The van der Waals surface area contributed by atoms with Crippen LogP contribution in [-0.4, -0.2) is 9.55 Å². The monoisotopic (exact) mass is 245 g/mol. The first-order valence-corrected chi connectivity index (χ1v) is 6.77. The first kappa shape index (κ1) is 12.9. The maximum absolute atomic E-state index is 5.81. The Kier molecular flexibility index (Phi) is 3.60. The lowest BCUT2D eigenvalue weighted by Crippen LogP contribution is -2.10. The topological polar surface area (TPSA) is 43.8 Å². The zero-order valence-electron chi connectivity index (χ0n) is 11.8. The van der Waals surface area contributed by atoms with E-state index < -0.39 is 0 Å². The number of rotatable bonds is 4. The fourth-order valence-electron chi connectivity index (χ4n) is 2.65. The molecule has 0 aliphatic carbocycles. The number of hydrogen-bond donors (Lipinski definition) is 1. The summed E-state index contributed by atoms with van der Waals surface area (Å²) in [7, 11) is 0. The number of anilines is 1. The molecule has 0 bridgehead atoms. The average Bonchev–Trinajstić information content (AvgIpc) is 2.63. The normalized spacial score (nSPS) is 14.9. The third-order valence-corrected chi connectivity index (χ3v) is 3.77. The number of aromatic nitrogens is 2. The number of hydrogen-bond acceptors (Lipinski definition) is 2. The lowest BCUT2D eigenvalue weighted by Gasteiger charge is -2.19. The van der Waals surface area contributed by atoms with E-state index in [1.165, 1.54) is 18.4 Å². The maximum Gasteiger partial charge on any atom is 0.106 e. The number of aryl methyl sites for hydroxylation is 1. The molecule has 2 rings (SSSR count). The van der Waals surface area contributed by atoms with Gasteiger partial charge in [0.25, 0.3) is 0 Å². The Morgan fingerprint density at radius 1 is 1.33 bits per heavy atom. The molecule has 1 aromatic carbocycles. The van der Waals surface area contributed by atoms with Crippen LogP contribution in [0.15, 0.2) is 18.2 Å². The second kappa shape index (κ2) is 5.01. The first-order chi connectivity index (χ1) is 8.52. The summed E-state index contributed by atoms with van der Waals surface area (Å²) in [5.41, 5.74) is 8.79. The number of nitrogens with zero attached hydrogens (tertiary/aromatic N) is 2. The highest BCUT2D eigenvalue weighted by Gasteiger charge is 2.15. The van der Waals surface area contributed by atoms with Crippen LogP contribution in [0.4, 0.5) is 5.69 Å². The second-order valence-corrected chi connectivity index (χ2v) is 5.38. The van der Waals surface area contributed by atoms with Crippen LogP contribution in [0.1, 0.15) is 45.5 Å². The van der Waals surface area contributed by atoms with Gasteiger partial charge in [-0.15, -0.1) is 0 Å². The highest BCUT2D eigenvalue weighted by atomic mass is 15.1. The van der Waals surface area contributed by atoms with Gasteiger partial charge in [-0.3, -0.25) is 0 Å². The summed E-state index contributed by atoms with van der Waals surface area (Å²) < 4.78 is 2.33. The van der Waals surface area contributed by atoms with E-state index in [2.05, 4.69) is 43.3 Å². The van der Waals surface area contributed by atoms with E-state index in [0.29, 0.717) is 6.04 Å². The van der Waals surface area contributed by atoms with Crippen LogP contribution in [0, 0.1) is 12.8 Å². The molecule has 2 atom stereocenters. The Morgan fingerprint density at radius 3 is 2.72 bits per heavy atom. The summed E-state index contributed by atoms with van der Waals surface area (Å²) in [6.45, 7) is 8.90. The van der Waals surface area contributed by atoms with Gasteiger partial charge in [0.1, 0.15) is 5.82 Å². The Morgan fingerprint density at radius 2 is 2.06 bits per heavy atom. The van der Waals surface area contributed by atoms with Crippen LogP contribution >= 0.6 is 0 Å². The highest BCUT2D eigenvalue weighted by Crippen LogP contribution is 2.27. The van der Waals surface area contributed by atoms with Crippen molar-refractivity contribution < 1.29 is 0 Å². The molecule has 0 radical (unpaired) electrons. The SMILES string of the molecule is CCC(C)CC(C)n1c(C)nc2cc(N)ccc21. The fraction of sp³-hybridized carbons (Fsp3) is 0.533. The van der Waals surface area contributed by atoms with E-state index in [-0.39, 0.29) is 0 Å². The van der Waals surface area contributed by atoms with E-state index in [0.717, 1.165) is 22.9 Å². The molecule has 1 heterocycles. The quantitative estimate of drug-likeness (QED) is 0.829. The molecule has 0 fully saturated rings. The minimum Gasteiger partial charge on any atom is -0.399 e. The Balaban J connectivity index is 2.40. The number of fused-ring (bicyclic) bond motifs is 1. The molecular formula is C15H23N3. The van der Waals surface area contributed by atoms with E-state index in [4.69, 9.17) is 5.73 Å². The molecule has 0 spiro atoms. The molecule has 2 N–H and O–H groups in total. The van der Waals surface area contributed by atoms with E-state index in [9.17, 15) is 0 Å². The van der Waals surface area contributed by atoms with Crippen LogP contribution in [0.25, 0.3) is 11.0 Å². The smallest absolute Gasteiger partial charge is 0.106 e. The fourth-order valence-corrected chi connectivity index (χ4v) is 2.65. The molecule has 0 aliphatic heterocycles. The molecule has 0 saturated heterocycles. The van der Waals surface area contributed by atoms with Crippen molar-refractivity contribution in [1.29, 1.82) is 0 Å². The molecule has 0 amide bonds. The van der Waals surface area contributed by atoms with E-state index in [1.807, 2.05) is 12.1 Å². The van der Waals surface area contributed by atoms with Crippen LogP contribution in [-0.2, 0) is 0 Å². The Bertz CT molecular complexity index is 542. The maximum atomic E-state index is 5.81. The third-order valence-electron chi connectivity index (χ3n) is 3.77. The van der Waals surface area contributed by atoms with Crippen LogP contribution in [0.3, 0.4) is 0 Å². The first-order valence-electron chi connectivity index (χ1n) is 6.77. The van der Waals surface area contributed by atoms with Gasteiger partial charge >= 0.3 is 0 Å². The largest absolute Gasteiger partial charge is 0.399 e. The van der Waals surface area contributed by atoms with Crippen molar-refractivity contribution in [2.45, 2.75) is 46.6 Å². The van der Waals surface area contributed by atoms with Crippen molar-refractivity contribution in [2.24, 2.45) is 5.92 Å². The minimum atomic E-state index is 0.480. The standard InChI is InChI=1S/C15H23N3/c1-5-10(2)8-11(3)18-12(4)17-14-9-13(16)6-7-15(14)18/h6-7,9-11H,5,8,16H2,1-4H3. The number of imidazole rings is 1. The van der Waals surface area contributed by atoms with Gasteiger partial charge in [-0.05, 0) is 44.4 Å². The second-order valence-electron chi connectivity index (χ2n) is 5.38. The third kappa shape index (κ3) is 2.35. The van der Waals surface area contributed by atoms with Crippen LogP contribution < -0.4 is 5.73 Å². The average molecular weight is 245 g/mol. The van der Waals surface area contributed by atoms with Crippen molar-refractivity contribution in [1.82, 2.24) is 9.55 Å². The number of nitrogens with two attached hydrogens (primary N) is 1. The van der Waals surface area contributed by atoms with Crippen LogP contribution in [0.5, 0.6) is 0 Å². The Hall–Kier alpha value is -1.51. The van der Waals surface area contributed by atoms with Gasteiger partial charge in [-0.25, -0.2) is 4.98 Å². The van der Waals surface area contributed by atoms with Crippen molar-refractivity contribution in [3.05, 3.63) is 24.0 Å². The van der Waals surface area contributed by atoms with Crippen molar-refractivity contribution in [3.8, 4) is 0 Å². The van der Waals surface area contributed by atoms with E-state index >= 15 is 0 Å². The molecule has 2 unspecified atom stereocenters. The van der Waals surface area contributed by atoms with Crippen molar-refractivity contribution in [3.63, 3.8) is 0 Å². The van der Waals surface area contributed by atoms with Gasteiger partial charge in [-0.1, -0.05) is 20.3 Å². The summed E-state index contributed by atoms with van der Waals surface area (Å²) in [6, 6.07) is 6.47. The zero-order chi connectivity index (χ0) is 13.3. The van der Waals surface area contributed by atoms with E-state index in [1.54, 1.807) is 0 Å². The number of benzene rings is 1. The van der Waals surface area contributed by atoms with Crippen molar-refractivity contribution in [2.75, 3.05) is 5.73 Å². The molecular weight excluding hydrogens is 222 g/mol. The molecule has 1 aromatic heterocycles. The number of nitrogen functional groups attached to an aromatic ring is 1. The molecule has 0 aliphatic rings. The van der Waals surface area contributed by atoms with Gasteiger partial charge in [0.2, 0.25) is 0 Å². The Labute approximate surface area is 109 Å². The van der Waals surface area contributed by atoms with Gasteiger partial charge in [-0.2, -0.15) is 0 Å². The van der Waals surface area contributed by atoms with Gasteiger partial charge in [0.05, 0.1) is 11.0 Å². The summed E-state index contributed by atoms with van der Waals surface area (Å²) >= 11 is 0. The zero-order valence-corrected chi connectivity index (χ0v) is 11.8. The summed E-state index contributed by atoms with van der Waals surface area (Å²) in [6.07, 6.45) is 2.41. The molecule has 0 saturated carbocycles. The summed E-state index contributed by atoms with van der Waals surface area (Å²) in [4.78, 5) is 4.61. The molecule has 18 heavy (non-hydrogen) atoms. The summed E-state index contributed by atoms with van der Waals surface area (Å²) in [5.74, 6) is 1.82. The highest BCUT2D eigenvalue weighted by molar-refractivity contribution is 5.79. The molecule has 98 valence electrons. The summed E-state index contributed by atoms with van der Waals surface area (Å²) in [5, 5.41) is 0. The lowest BCUT2D eigenvalue weighted by atomic mass is 10.00. The lowest BCUT2D eigenvalue weighted by molar-refractivity contribution is 0.400. The molecule has 2 aromatic rings. The van der Waals surface area contributed by atoms with Gasteiger partial charge < -0.3 is 10.3 Å². The predicted octanol–water partition coefficient (Wildman–Crippen LogP) is 3.92. The predicted molar refractivity (Wildman–Crippen MR) is 77.7 cm³/mol. The van der Waals surface area contributed by atoms with Gasteiger partial charge in [0, 0.05) is 11.7 Å². The van der Waals surface area contributed by atoms with Gasteiger partial charge in [0.15, 0.2) is 0 Å².